The molecular weight excluding hydrogens is 362 g/mol. The van der Waals surface area contributed by atoms with Gasteiger partial charge in [-0.2, -0.15) is 0 Å². The molecule has 4 heteroatoms. The van der Waals surface area contributed by atoms with Gasteiger partial charge in [-0.25, -0.2) is 0 Å². The highest BCUT2D eigenvalue weighted by molar-refractivity contribution is 5.50. The molecular formula is C25H29NO3. The molecule has 1 aliphatic rings. The molecule has 0 heterocycles. The molecule has 1 atom stereocenters. The molecule has 0 saturated heterocycles. The van der Waals surface area contributed by atoms with E-state index in [1.807, 2.05) is 45.1 Å². The van der Waals surface area contributed by atoms with Crippen LogP contribution in [0.5, 0.6) is 5.75 Å². The molecule has 29 heavy (non-hydrogen) atoms. The molecule has 0 bridgehead atoms. The Balaban J connectivity index is 2.02. The van der Waals surface area contributed by atoms with Gasteiger partial charge in [-0.15, -0.1) is 0 Å². The summed E-state index contributed by atoms with van der Waals surface area (Å²) in [7, 11) is 0. The number of benzene rings is 2. The molecule has 3 rings (SSSR count). The van der Waals surface area contributed by atoms with Crippen molar-refractivity contribution >= 4 is 0 Å². The Morgan fingerprint density at radius 1 is 1.00 bits per heavy atom. The molecule has 2 aromatic carbocycles. The summed E-state index contributed by atoms with van der Waals surface area (Å²) in [5.74, 6) is 0.0435. The van der Waals surface area contributed by atoms with Crippen molar-refractivity contribution in [2.45, 2.75) is 52.5 Å². The van der Waals surface area contributed by atoms with Gasteiger partial charge in [-0.05, 0) is 80.7 Å². The van der Waals surface area contributed by atoms with Crippen molar-refractivity contribution in [3.05, 3.63) is 98.1 Å². The van der Waals surface area contributed by atoms with Crippen molar-refractivity contribution in [3.8, 4) is 5.75 Å². The summed E-state index contributed by atoms with van der Waals surface area (Å²) in [6.45, 7) is 10.2. The van der Waals surface area contributed by atoms with E-state index in [1.165, 1.54) is 16.7 Å². The Labute approximate surface area is 172 Å². The monoisotopic (exact) mass is 391 g/mol. The Bertz CT molecular complexity index is 945. The minimum absolute atomic E-state index is 0.0742. The minimum atomic E-state index is -1.24. The lowest BCUT2D eigenvalue weighted by atomic mass is 9.70. The molecule has 2 aromatic rings. The summed E-state index contributed by atoms with van der Waals surface area (Å²) in [5, 5.41) is 21.8. The number of allylic oxidation sites excluding steroid dienone is 2. The van der Waals surface area contributed by atoms with Crippen LogP contribution in [0.4, 0.5) is 0 Å². The SMILES string of the molecule is CC1=CC(C(C)Cc2ccc(O)cc2)([N+](=O)[O-])C=C(C)C1c1c(C)cccc1C. The van der Waals surface area contributed by atoms with E-state index >= 15 is 0 Å². The van der Waals surface area contributed by atoms with Gasteiger partial charge in [-0.3, -0.25) is 10.1 Å². The number of hydrogen-bond donors (Lipinski definition) is 1. The van der Waals surface area contributed by atoms with Gasteiger partial charge in [0.05, 0.1) is 0 Å². The fraction of sp³-hybridized carbons (Fsp3) is 0.360. The summed E-state index contributed by atoms with van der Waals surface area (Å²) in [6.07, 6.45) is 4.28. The maximum absolute atomic E-state index is 12.3. The zero-order valence-electron chi connectivity index (χ0n) is 17.8. The van der Waals surface area contributed by atoms with E-state index in [-0.39, 0.29) is 22.5 Å². The van der Waals surface area contributed by atoms with Crippen molar-refractivity contribution in [1.29, 1.82) is 0 Å². The second kappa shape index (κ2) is 7.86. The average Bonchev–Trinajstić information content (AvgIpc) is 2.65. The van der Waals surface area contributed by atoms with Gasteiger partial charge in [-0.1, -0.05) is 48.4 Å². The Morgan fingerprint density at radius 2 is 1.52 bits per heavy atom. The van der Waals surface area contributed by atoms with E-state index in [4.69, 9.17) is 0 Å². The zero-order chi connectivity index (χ0) is 21.3. The van der Waals surface area contributed by atoms with Crippen LogP contribution in [-0.2, 0) is 6.42 Å². The third kappa shape index (κ3) is 3.84. The van der Waals surface area contributed by atoms with Crippen LogP contribution in [0.25, 0.3) is 0 Å². The van der Waals surface area contributed by atoms with Crippen LogP contribution in [0.1, 0.15) is 48.9 Å². The normalized spacial score (nSPS) is 22.6. The number of nitro groups is 1. The van der Waals surface area contributed by atoms with Crippen LogP contribution < -0.4 is 0 Å². The Kier molecular flexibility index (Phi) is 5.65. The highest BCUT2D eigenvalue weighted by atomic mass is 16.6. The van der Waals surface area contributed by atoms with Gasteiger partial charge in [0.25, 0.3) is 5.54 Å². The lowest BCUT2D eigenvalue weighted by Gasteiger charge is -2.34. The fourth-order valence-corrected chi connectivity index (χ4v) is 4.75. The fourth-order valence-electron chi connectivity index (χ4n) is 4.75. The van der Waals surface area contributed by atoms with Crippen LogP contribution in [0.15, 0.2) is 65.8 Å². The highest BCUT2D eigenvalue weighted by Gasteiger charge is 2.47. The first kappa shape index (κ1) is 20.8. The first-order valence-electron chi connectivity index (χ1n) is 10.0. The minimum Gasteiger partial charge on any atom is -0.508 e. The first-order chi connectivity index (χ1) is 13.7. The van der Waals surface area contributed by atoms with Gasteiger partial charge in [0.15, 0.2) is 0 Å². The number of nitrogens with zero attached hydrogens (tertiary/aromatic N) is 1. The molecule has 1 N–H and O–H groups in total. The van der Waals surface area contributed by atoms with Crippen LogP contribution in [0.3, 0.4) is 0 Å². The average molecular weight is 392 g/mol. The molecule has 1 unspecified atom stereocenters. The van der Waals surface area contributed by atoms with E-state index in [2.05, 4.69) is 32.0 Å². The van der Waals surface area contributed by atoms with E-state index in [0.717, 1.165) is 16.7 Å². The van der Waals surface area contributed by atoms with Gasteiger partial charge >= 0.3 is 0 Å². The molecule has 1 aliphatic carbocycles. The standard InChI is InChI=1S/C25H29NO3/c1-16-7-6-8-17(2)23(16)24-18(3)14-25(26(28)29,15-19(24)4)20(5)13-21-9-11-22(27)12-10-21/h6-12,14-15,20,24,27H,13H2,1-5H3. The van der Waals surface area contributed by atoms with Gasteiger partial charge in [0.2, 0.25) is 0 Å². The second-order valence-corrected chi connectivity index (χ2v) is 8.43. The third-order valence-electron chi connectivity index (χ3n) is 6.24. The summed E-state index contributed by atoms with van der Waals surface area (Å²) in [4.78, 5) is 12.2. The number of phenolic OH excluding ortho intramolecular Hbond substituents is 1. The van der Waals surface area contributed by atoms with Crippen molar-refractivity contribution < 1.29 is 10.0 Å². The van der Waals surface area contributed by atoms with Crippen molar-refractivity contribution in [3.63, 3.8) is 0 Å². The number of aryl methyl sites for hydroxylation is 2. The smallest absolute Gasteiger partial charge is 0.261 e. The summed E-state index contributed by atoms with van der Waals surface area (Å²) < 4.78 is 0. The van der Waals surface area contributed by atoms with Crippen molar-refractivity contribution in [2.75, 3.05) is 0 Å². The van der Waals surface area contributed by atoms with Crippen molar-refractivity contribution in [1.82, 2.24) is 0 Å². The van der Waals surface area contributed by atoms with Gasteiger partial charge < -0.3 is 5.11 Å². The van der Waals surface area contributed by atoms with Gasteiger partial charge in [0.1, 0.15) is 5.75 Å². The molecule has 0 radical (unpaired) electrons. The molecule has 0 spiro atoms. The quantitative estimate of drug-likeness (QED) is 0.392. The van der Waals surface area contributed by atoms with Crippen LogP contribution in [-0.4, -0.2) is 15.6 Å². The second-order valence-electron chi connectivity index (χ2n) is 8.43. The van der Waals surface area contributed by atoms with Crippen LogP contribution in [0.2, 0.25) is 0 Å². The molecule has 0 saturated carbocycles. The molecule has 152 valence electrons. The summed E-state index contributed by atoms with van der Waals surface area (Å²) >= 11 is 0. The van der Waals surface area contributed by atoms with E-state index in [9.17, 15) is 15.2 Å². The Morgan fingerprint density at radius 3 is 2.00 bits per heavy atom. The zero-order valence-corrected chi connectivity index (χ0v) is 17.8. The predicted octanol–water partition coefficient (Wildman–Crippen LogP) is 5.89. The van der Waals surface area contributed by atoms with E-state index < -0.39 is 5.54 Å². The molecule has 0 fully saturated rings. The predicted molar refractivity (Wildman–Crippen MR) is 117 cm³/mol. The van der Waals surface area contributed by atoms with Crippen molar-refractivity contribution in [2.24, 2.45) is 5.92 Å². The number of phenols is 1. The molecule has 0 amide bonds. The molecule has 0 aliphatic heterocycles. The van der Waals surface area contributed by atoms with E-state index in [1.54, 1.807) is 12.1 Å². The number of aromatic hydroxyl groups is 1. The summed E-state index contributed by atoms with van der Waals surface area (Å²) in [6, 6.07) is 13.2. The Hall–Kier alpha value is -2.88. The maximum Gasteiger partial charge on any atom is 0.261 e. The molecule has 4 nitrogen and oxygen atoms in total. The lowest BCUT2D eigenvalue weighted by Crippen LogP contribution is -2.44. The lowest BCUT2D eigenvalue weighted by molar-refractivity contribution is -0.550. The van der Waals surface area contributed by atoms with Crippen LogP contribution in [0, 0.1) is 29.9 Å². The highest BCUT2D eigenvalue weighted by Crippen LogP contribution is 2.44. The topological polar surface area (TPSA) is 63.4 Å². The third-order valence-corrected chi connectivity index (χ3v) is 6.24. The maximum atomic E-state index is 12.3. The van der Waals surface area contributed by atoms with E-state index in [0.29, 0.717) is 6.42 Å². The number of hydrogen-bond acceptors (Lipinski definition) is 3. The number of rotatable bonds is 5. The van der Waals surface area contributed by atoms with Crippen LogP contribution >= 0.6 is 0 Å². The first-order valence-corrected chi connectivity index (χ1v) is 10.0. The molecule has 0 aromatic heterocycles. The van der Waals surface area contributed by atoms with Gasteiger partial charge in [0, 0.05) is 16.8 Å². The summed E-state index contributed by atoms with van der Waals surface area (Å²) in [5.41, 5.74) is 5.46. The largest absolute Gasteiger partial charge is 0.508 e.